The molecular formula is C16H24. The summed E-state index contributed by atoms with van der Waals surface area (Å²) in [6, 6.07) is 7.00. The quantitative estimate of drug-likeness (QED) is 0.595. The molecule has 1 aromatic carbocycles. The highest BCUT2D eigenvalue weighted by Crippen LogP contribution is 2.48. The van der Waals surface area contributed by atoms with Crippen molar-refractivity contribution in [3.05, 3.63) is 34.9 Å². The average molecular weight is 216 g/mol. The van der Waals surface area contributed by atoms with Crippen molar-refractivity contribution >= 4 is 0 Å². The van der Waals surface area contributed by atoms with Crippen LogP contribution in [0.4, 0.5) is 0 Å². The van der Waals surface area contributed by atoms with E-state index in [-0.39, 0.29) is 0 Å². The third kappa shape index (κ3) is 1.59. The Morgan fingerprint density at radius 2 is 1.69 bits per heavy atom. The standard InChI is InChI=1S/C16H24/c1-11-7-8-13-14(9-11)16(5,6)12(2)10-15(13,3)4/h7-9,12H,10H2,1-6H3/t12-/m1/s1. The van der Waals surface area contributed by atoms with E-state index in [2.05, 4.69) is 59.7 Å². The first-order chi connectivity index (χ1) is 7.25. The zero-order valence-electron chi connectivity index (χ0n) is 11.5. The van der Waals surface area contributed by atoms with Crippen molar-refractivity contribution in [1.82, 2.24) is 0 Å². The number of benzene rings is 1. The lowest BCUT2D eigenvalue weighted by Gasteiger charge is -2.46. The molecule has 0 unspecified atom stereocenters. The lowest BCUT2D eigenvalue weighted by molar-refractivity contribution is 0.233. The minimum Gasteiger partial charge on any atom is -0.0616 e. The number of hydrogen-bond acceptors (Lipinski definition) is 0. The predicted molar refractivity (Wildman–Crippen MR) is 71.0 cm³/mol. The van der Waals surface area contributed by atoms with E-state index in [1.807, 2.05) is 0 Å². The van der Waals surface area contributed by atoms with Gasteiger partial charge in [-0.3, -0.25) is 0 Å². The lowest BCUT2D eigenvalue weighted by Crippen LogP contribution is -2.40. The fraction of sp³-hybridized carbons (Fsp3) is 0.625. The molecule has 1 atom stereocenters. The molecule has 0 spiro atoms. The minimum atomic E-state index is 0.316. The van der Waals surface area contributed by atoms with Gasteiger partial charge in [0.1, 0.15) is 0 Å². The highest BCUT2D eigenvalue weighted by Gasteiger charge is 2.41. The molecule has 0 amide bonds. The molecule has 88 valence electrons. The molecule has 0 heteroatoms. The summed E-state index contributed by atoms with van der Waals surface area (Å²) in [6.45, 7) is 14.1. The van der Waals surface area contributed by atoms with Crippen molar-refractivity contribution in [2.75, 3.05) is 0 Å². The van der Waals surface area contributed by atoms with Gasteiger partial charge in [-0.25, -0.2) is 0 Å². The van der Waals surface area contributed by atoms with Gasteiger partial charge in [0, 0.05) is 0 Å². The van der Waals surface area contributed by atoms with E-state index >= 15 is 0 Å². The molecule has 1 aliphatic carbocycles. The predicted octanol–water partition coefficient (Wildman–Crippen LogP) is 4.59. The molecule has 0 nitrogen and oxygen atoms in total. The zero-order chi connectivity index (χ0) is 12.1. The number of rotatable bonds is 0. The third-order valence-electron chi connectivity index (χ3n) is 4.65. The van der Waals surface area contributed by atoms with Gasteiger partial charge in [0.2, 0.25) is 0 Å². The maximum atomic E-state index is 2.40. The number of hydrogen-bond donors (Lipinski definition) is 0. The largest absolute Gasteiger partial charge is 0.0616 e. The minimum absolute atomic E-state index is 0.316. The van der Waals surface area contributed by atoms with Crippen LogP contribution in [0.15, 0.2) is 18.2 Å². The summed E-state index contributed by atoms with van der Waals surface area (Å²) in [5.41, 5.74) is 5.16. The van der Waals surface area contributed by atoms with E-state index in [1.165, 1.54) is 12.0 Å². The molecule has 0 heterocycles. The normalized spacial score (nSPS) is 26.2. The molecule has 0 fully saturated rings. The van der Waals surface area contributed by atoms with Gasteiger partial charge < -0.3 is 0 Å². The summed E-state index contributed by atoms with van der Waals surface area (Å²) < 4.78 is 0. The van der Waals surface area contributed by atoms with Gasteiger partial charge >= 0.3 is 0 Å². The summed E-state index contributed by atoms with van der Waals surface area (Å²) in [5.74, 6) is 0.747. The molecular weight excluding hydrogens is 192 g/mol. The third-order valence-corrected chi connectivity index (χ3v) is 4.65. The lowest BCUT2D eigenvalue weighted by atomic mass is 9.58. The van der Waals surface area contributed by atoms with E-state index in [4.69, 9.17) is 0 Å². The Hall–Kier alpha value is -0.780. The van der Waals surface area contributed by atoms with Crippen LogP contribution in [0.1, 0.15) is 57.7 Å². The molecule has 0 saturated carbocycles. The highest BCUT2D eigenvalue weighted by molar-refractivity contribution is 5.43. The van der Waals surface area contributed by atoms with Gasteiger partial charge in [-0.15, -0.1) is 0 Å². The SMILES string of the molecule is Cc1ccc2c(c1)C(C)(C)[C@H](C)CC2(C)C. The van der Waals surface area contributed by atoms with Crippen LogP contribution in [-0.2, 0) is 10.8 Å². The van der Waals surface area contributed by atoms with Gasteiger partial charge in [-0.1, -0.05) is 58.4 Å². The summed E-state index contributed by atoms with van der Waals surface area (Å²) in [7, 11) is 0. The van der Waals surface area contributed by atoms with Crippen LogP contribution in [0, 0.1) is 12.8 Å². The monoisotopic (exact) mass is 216 g/mol. The Morgan fingerprint density at radius 3 is 2.31 bits per heavy atom. The maximum Gasteiger partial charge on any atom is -0.00746 e. The summed E-state index contributed by atoms with van der Waals surface area (Å²) in [4.78, 5) is 0. The number of fused-ring (bicyclic) bond motifs is 1. The molecule has 0 saturated heterocycles. The van der Waals surface area contributed by atoms with Gasteiger partial charge in [0.25, 0.3) is 0 Å². The highest BCUT2D eigenvalue weighted by atomic mass is 14.5. The number of aryl methyl sites for hydroxylation is 1. The molecule has 0 radical (unpaired) electrons. The molecule has 0 aromatic heterocycles. The van der Waals surface area contributed by atoms with Crippen LogP contribution >= 0.6 is 0 Å². The van der Waals surface area contributed by atoms with Gasteiger partial charge in [0.15, 0.2) is 0 Å². The first-order valence-electron chi connectivity index (χ1n) is 6.37. The Bertz CT molecular complexity index is 410. The van der Waals surface area contributed by atoms with Crippen LogP contribution in [0.5, 0.6) is 0 Å². The smallest absolute Gasteiger partial charge is 0.00746 e. The Kier molecular flexibility index (Phi) is 2.45. The van der Waals surface area contributed by atoms with Crippen LogP contribution < -0.4 is 0 Å². The summed E-state index contributed by atoms with van der Waals surface area (Å²) in [6.07, 6.45) is 1.29. The second-order valence-electron chi connectivity index (χ2n) is 6.76. The van der Waals surface area contributed by atoms with E-state index < -0.39 is 0 Å². The van der Waals surface area contributed by atoms with Crippen molar-refractivity contribution < 1.29 is 0 Å². The first-order valence-corrected chi connectivity index (χ1v) is 6.37. The fourth-order valence-electron chi connectivity index (χ4n) is 3.18. The Labute approximate surface area is 100 Å². The Balaban J connectivity index is 2.68. The molecule has 0 aliphatic heterocycles. The van der Waals surface area contributed by atoms with Crippen molar-refractivity contribution in [3.63, 3.8) is 0 Å². The van der Waals surface area contributed by atoms with Gasteiger partial charge in [-0.05, 0) is 41.2 Å². The van der Waals surface area contributed by atoms with E-state index in [1.54, 1.807) is 11.1 Å². The molecule has 1 aromatic rings. The van der Waals surface area contributed by atoms with E-state index in [0.29, 0.717) is 10.8 Å². The van der Waals surface area contributed by atoms with Gasteiger partial charge in [-0.2, -0.15) is 0 Å². The molecule has 1 aliphatic rings. The molecule has 2 rings (SSSR count). The van der Waals surface area contributed by atoms with E-state index in [0.717, 1.165) is 5.92 Å². The average Bonchev–Trinajstić information content (AvgIpc) is 2.14. The van der Waals surface area contributed by atoms with Gasteiger partial charge in [0.05, 0.1) is 0 Å². The van der Waals surface area contributed by atoms with Crippen LogP contribution in [0.2, 0.25) is 0 Å². The first kappa shape index (κ1) is 11.7. The van der Waals surface area contributed by atoms with E-state index in [9.17, 15) is 0 Å². The zero-order valence-corrected chi connectivity index (χ0v) is 11.5. The Morgan fingerprint density at radius 1 is 1.06 bits per heavy atom. The van der Waals surface area contributed by atoms with Crippen molar-refractivity contribution in [3.8, 4) is 0 Å². The molecule has 16 heavy (non-hydrogen) atoms. The topological polar surface area (TPSA) is 0 Å². The molecule has 0 bridgehead atoms. The molecule has 0 N–H and O–H groups in total. The maximum absolute atomic E-state index is 2.40. The van der Waals surface area contributed by atoms with Crippen LogP contribution in [-0.4, -0.2) is 0 Å². The fourth-order valence-corrected chi connectivity index (χ4v) is 3.18. The van der Waals surface area contributed by atoms with Crippen LogP contribution in [0.25, 0.3) is 0 Å². The second kappa shape index (κ2) is 3.35. The summed E-state index contributed by atoms with van der Waals surface area (Å²) >= 11 is 0. The van der Waals surface area contributed by atoms with Crippen LogP contribution in [0.3, 0.4) is 0 Å². The summed E-state index contributed by atoms with van der Waals surface area (Å²) in [5, 5.41) is 0. The van der Waals surface area contributed by atoms with Crippen molar-refractivity contribution in [2.24, 2.45) is 5.92 Å². The second-order valence-corrected chi connectivity index (χ2v) is 6.76. The van der Waals surface area contributed by atoms with Crippen molar-refractivity contribution in [1.29, 1.82) is 0 Å². The van der Waals surface area contributed by atoms with Crippen molar-refractivity contribution in [2.45, 2.75) is 58.8 Å².